The Morgan fingerprint density at radius 2 is 1.84 bits per heavy atom. The third-order valence-corrected chi connectivity index (χ3v) is 3.52. The monoisotopic (exact) mass is 381 g/mol. The fourth-order valence-corrected chi connectivity index (χ4v) is 3.19. The largest absolute Gasteiger partial charge is 0.364 e. The van der Waals surface area contributed by atoms with Crippen LogP contribution in [0.5, 0.6) is 0 Å². The van der Waals surface area contributed by atoms with Crippen LogP contribution >= 0.6 is 31.9 Å². The van der Waals surface area contributed by atoms with E-state index in [0.717, 1.165) is 25.8 Å². The van der Waals surface area contributed by atoms with Gasteiger partial charge in [-0.1, -0.05) is 31.9 Å². The highest BCUT2D eigenvalue weighted by molar-refractivity contribution is 9.11. The lowest BCUT2D eigenvalue weighted by Gasteiger charge is -2.07. The van der Waals surface area contributed by atoms with Crippen molar-refractivity contribution in [3.05, 3.63) is 45.4 Å². The van der Waals surface area contributed by atoms with Gasteiger partial charge in [-0.15, -0.1) is 0 Å². The maximum absolute atomic E-state index is 4.22. The molecule has 2 N–H and O–H groups in total. The number of benzene rings is 1. The highest BCUT2D eigenvalue weighted by Crippen LogP contribution is 2.21. The number of hydrogen-bond acceptors (Lipinski definition) is 4. The van der Waals surface area contributed by atoms with Gasteiger partial charge in [0, 0.05) is 15.5 Å². The molecule has 5 nitrogen and oxygen atoms in total. The highest BCUT2D eigenvalue weighted by atomic mass is 79.9. The van der Waals surface area contributed by atoms with Crippen molar-refractivity contribution in [2.24, 2.45) is 0 Å². The average molecular weight is 383 g/mol. The molecule has 0 saturated carbocycles. The van der Waals surface area contributed by atoms with Crippen LogP contribution in [0, 0.1) is 0 Å². The Morgan fingerprint density at radius 1 is 1.05 bits per heavy atom. The predicted octanol–water partition coefficient (Wildman–Crippen LogP) is 3.49. The molecule has 2 heterocycles. The molecule has 2 aromatic heterocycles. The van der Waals surface area contributed by atoms with Crippen LogP contribution in [0.25, 0.3) is 11.2 Å². The van der Waals surface area contributed by atoms with Crippen molar-refractivity contribution in [3.63, 3.8) is 0 Å². The Kier molecular flexibility index (Phi) is 3.48. The van der Waals surface area contributed by atoms with Gasteiger partial charge in [-0.2, -0.15) is 0 Å². The molecule has 3 rings (SSSR count). The fraction of sp³-hybridized carbons (Fsp3) is 0.0833. The molecule has 0 amide bonds. The quantitative estimate of drug-likeness (QED) is 0.727. The molecule has 19 heavy (non-hydrogen) atoms. The van der Waals surface area contributed by atoms with Gasteiger partial charge in [-0.25, -0.2) is 15.0 Å². The SMILES string of the molecule is Brc1cc(Br)cc(CNc2ncnc3nc[nH]c23)c1. The molecule has 0 aliphatic heterocycles. The summed E-state index contributed by atoms with van der Waals surface area (Å²) in [6.45, 7) is 0.670. The Labute approximate surface area is 126 Å². The Bertz CT molecular complexity index is 705. The van der Waals surface area contributed by atoms with Gasteiger partial charge in [0.05, 0.1) is 6.33 Å². The smallest absolute Gasteiger partial charge is 0.182 e. The van der Waals surface area contributed by atoms with E-state index in [1.807, 2.05) is 6.07 Å². The minimum absolute atomic E-state index is 0.660. The second-order valence-electron chi connectivity index (χ2n) is 3.95. The normalized spacial score (nSPS) is 10.8. The number of anilines is 1. The first kappa shape index (κ1) is 12.6. The van der Waals surface area contributed by atoms with Crippen LogP contribution in [0.4, 0.5) is 5.82 Å². The third-order valence-electron chi connectivity index (χ3n) is 2.61. The van der Waals surface area contributed by atoms with Gasteiger partial charge in [0.25, 0.3) is 0 Å². The summed E-state index contributed by atoms with van der Waals surface area (Å²) in [7, 11) is 0. The number of nitrogens with zero attached hydrogens (tertiary/aromatic N) is 3. The van der Waals surface area contributed by atoms with Gasteiger partial charge >= 0.3 is 0 Å². The number of rotatable bonds is 3. The molecule has 0 bridgehead atoms. The number of H-pyrrole nitrogens is 1. The molecule has 0 radical (unpaired) electrons. The molecular weight excluding hydrogens is 374 g/mol. The van der Waals surface area contributed by atoms with Crippen molar-refractivity contribution in [1.82, 2.24) is 19.9 Å². The second kappa shape index (κ2) is 5.26. The van der Waals surface area contributed by atoms with Crippen molar-refractivity contribution in [2.45, 2.75) is 6.54 Å². The summed E-state index contributed by atoms with van der Waals surface area (Å²) < 4.78 is 2.07. The lowest BCUT2D eigenvalue weighted by atomic mass is 10.2. The van der Waals surface area contributed by atoms with E-state index in [0.29, 0.717) is 12.2 Å². The van der Waals surface area contributed by atoms with Crippen LogP contribution in [0.3, 0.4) is 0 Å². The summed E-state index contributed by atoms with van der Waals surface area (Å²) in [4.78, 5) is 15.4. The van der Waals surface area contributed by atoms with Gasteiger partial charge in [-0.3, -0.25) is 0 Å². The average Bonchev–Trinajstić information content (AvgIpc) is 2.83. The number of fused-ring (bicyclic) bond motifs is 1. The van der Waals surface area contributed by atoms with E-state index in [1.165, 1.54) is 6.33 Å². The van der Waals surface area contributed by atoms with Gasteiger partial charge in [0.15, 0.2) is 11.5 Å². The van der Waals surface area contributed by atoms with Crippen molar-refractivity contribution in [3.8, 4) is 0 Å². The zero-order chi connectivity index (χ0) is 13.2. The zero-order valence-electron chi connectivity index (χ0n) is 9.69. The maximum atomic E-state index is 4.22. The number of halogens is 2. The molecular formula is C12H9Br2N5. The zero-order valence-corrected chi connectivity index (χ0v) is 12.9. The number of nitrogens with one attached hydrogen (secondary N) is 2. The van der Waals surface area contributed by atoms with Gasteiger partial charge in [-0.05, 0) is 23.8 Å². The van der Waals surface area contributed by atoms with Crippen LogP contribution in [-0.2, 0) is 6.54 Å². The molecule has 0 aliphatic rings. The van der Waals surface area contributed by atoms with Gasteiger partial charge in [0.1, 0.15) is 11.8 Å². The number of imidazole rings is 1. The van der Waals surface area contributed by atoms with Crippen molar-refractivity contribution in [2.75, 3.05) is 5.32 Å². The molecule has 0 spiro atoms. The van der Waals surface area contributed by atoms with Gasteiger partial charge in [0.2, 0.25) is 0 Å². The highest BCUT2D eigenvalue weighted by Gasteiger charge is 2.05. The number of aromatic amines is 1. The first-order valence-corrected chi connectivity index (χ1v) is 7.14. The summed E-state index contributed by atoms with van der Waals surface area (Å²) in [5, 5.41) is 3.28. The molecule has 0 atom stereocenters. The Hall–Kier alpha value is -1.47. The summed E-state index contributed by atoms with van der Waals surface area (Å²) in [6.07, 6.45) is 3.11. The van der Waals surface area contributed by atoms with Crippen molar-refractivity contribution >= 4 is 48.8 Å². The van der Waals surface area contributed by atoms with E-state index < -0.39 is 0 Å². The molecule has 3 aromatic rings. The summed E-state index contributed by atoms with van der Waals surface area (Å²) in [6, 6.07) is 6.12. The summed E-state index contributed by atoms with van der Waals surface area (Å²) >= 11 is 6.95. The number of aromatic nitrogens is 4. The van der Waals surface area contributed by atoms with Crippen LogP contribution in [-0.4, -0.2) is 19.9 Å². The van der Waals surface area contributed by atoms with Crippen LogP contribution < -0.4 is 5.32 Å². The Morgan fingerprint density at radius 3 is 2.63 bits per heavy atom. The number of hydrogen-bond donors (Lipinski definition) is 2. The molecule has 96 valence electrons. The minimum Gasteiger partial charge on any atom is -0.364 e. The molecule has 7 heteroatoms. The first-order chi connectivity index (χ1) is 9.22. The lowest BCUT2D eigenvalue weighted by molar-refractivity contribution is 1.09. The lowest BCUT2D eigenvalue weighted by Crippen LogP contribution is -2.02. The van der Waals surface area contributed by atoms with Crippen molar-refractivity contribution in [1.29, 1.82) is 0 Å². The molecule has 0 saturated heterocycles. The Balaban J connectivity index is 1.84. The van der Waals surface area contributed by atoms with Crippen LogP contribution in [0.15, 0.2) is 39.8 Å². The minimum atomic E-state index is 0.660. The van der Waals surface area contributed by atoms with Crippen molar-refractivity contribution < 1.29 is 0 Å². The molecule has 0 fully saturated rings. The van der Waals surface area contributed by atoms with E-state index in [1.54, 1.807) is 6.33 Å². The van der Waals surface area contributed by atoms with E-state index >= 15 is 0 Å². The van der Waals surface area contributed by atoms with E-state index in [-0.39, 0.29) is 0 Å². The topological polar surface area (TPSA) is 66.5 Å². The molecule has 1 aromatic carbocycles. The van der Waals surface area contributed by atoms with E-state index in [9.17, 15) is 0 Å². The molecule has 0 unspecified atom stereocenters. The second-order valence-corrected chi connectivity index (χ2v) is 5.79. The standard InChI is InChI=1S/C12H9Br2N5/c13-8-1-7(2-9(14)3-8)4-15-11-10-12(17-5-16-10)19-6-18-11/h1-3,5-6H,4H2,(H2,15,16,17,18,19). The molecule has 0 aliphatic carbocycles. The van der Waals surface area contributed by atoms with Gasteiger partial charge < -0.3 is 10.3 Å². The summed E-state index contributed by atoms with van der Waals surface area (Å²) in [5.74, 6) is 0.749. The summed E-state index contributed by atoms with van der Waals surface area (Å²) in [5.41, 5.74) is 2.62. The van der Waals surface area contributed by atoms with Crippen LogP contribution in [0.1, 0.15) is 5.56 Å². The van der Waals surface area contributed by atoms with E-state index in [2.05, 4.69) is 69.2 Å². The third kappa shape index (κ3) is 2.76. The van der Waals surface area contributed by atoms with E-state index in [4.69, 9.17) is 0 Å². The maximum Gasteiger partial charge on any atom is 0.182 e. The predicted molar refractivity (Wildman–Crippen MR) is 80.9 cm³/mol. The fourth-order valence-electron chi connectivity index (χ4n) is 1.80. The van der Waals surface area contributed by atoms with Crippen LogP contribution in [0.2, 0.25) is 0 Å². The first-order valence-electron chi connectivity index (χ1n) is 5.55.